The first-order chi connectivity index (χ1) is 10.0. The number of ether oxygens (including phenoxy) is 1. The quantitative estimate of drug-likeness (QED) is 0.748. The molecule has 0 unspecified atom stereocenters. The lowest BCUT2D eigenvalue weighted by molar-refractivity contribution is -0.137. The molecule has 1 heterocycles. The summed E-state index contributed by atoms with van der Waals surface area (Å²) in [6, 6.07) is 0. The van der Waals surface area contributed by atoms with Gasteiger partial charge in [-0.05, 0) is 12.8 Å². The zero-order chi connectivity index (χ0) is 15.3. The van der Waals surface area contributed by atoms with Gasteiger partial charge in [0.25, 0.3) is 0 Å². The summed E-state index contributed by atoms with van der Waals surface area (Å²) in [5.41, 5.74) is 0. The van der Waals surface area contributed by atoms with Gasteiger partial charge in [0.05, 0.1) is 12.4 Å². The summed E-state index contributed by atoms with van der Waals surface area (Å²) < 4.78 is 30.4. The zero-order valence-corrected chi connectivity index (χ0v) is 13.6. The van der Waals surface area contributed by atoms with E-state index < -0.39 is 10.0 Å². The summed E-state index contributed by atoms with van der Waals surface area (Å²) in [7, 11) is -1.75. The molecule has 1 saturated heterocycles. The molecule has 1 amide bonds. The molecule has 2 fully saturated rings. The standard InChI is InChI=1S/C14H26N2O4S/c1-20-11-12-21(18,19)16-9-7-15(8-10-16)14(17)13-5-3-2-4-6-13/h13H,2-12H2,1H3. The van der Waals surface area contributed by atoms with Gasteiger partial charge in [-0.1, -0.05) is 19.3 Å². The number of hydrogen-bond donors (Lipinski definition) is 0. The fourth-order valence-corrected chi connectivity index (χ4v) is 4.47. The zero-order valence-electron chi connectivity index (χ0n) is 12.8. The molecule has 0 bridgehead atoms. The van der Waals surface area contributed by atoms with Crippen LogP contribution in [0.1, 0.15) is 32.1 Å². The molecule has 0 spiro atoms. The van der Waals surface area contributed by atoms with Crippen LogP contribution in [0.25, 0.3) is 0 Å². The Labute approximate surface area is 127 Å². The Morgan fingerprint density at radius 2 is 1.71 bits per heavy atom. The van der Waals surface area contributed by atoms with E-state index in [2.05, 4.69) is 0 Å². The lowest BCUT2D eigenvalue weighted by atomic mass is 9.88. The van der Waals surface area contributed by atoms with E-state index >= 15 is 0 Å². The maximum atomic E-state index is 12.4. The second-order valence-corrected chi connectivity index (χ2v) is 7.96. The molecule has 1 aliphatic carbocycles. The maximum Gasteiger partial charge on any atom is 0.225 e. The fourth-order valence-electron chi connectivity index (χ4n) is 3.11. The lowest BCUT2D eigenvalue weighted by Crippen LogP contribution is -2.52. The van der Waals surface area contributed by atoms with Crippen LogP contribution in [0.5, 0.6) is 0 Å². The van der Waals surface area contributed by atoms with Gasteiger partial charge in [0.15, 0.2) is 0 Å². The number of methoxy groups -OCH3 is 1. The minimum absolute atomic E-state index is 0.0140. The van der Waals surface area contributed by atoms with Crippen LogP contribution in [0.2, 0.25) is 0 Å². The molecule has 1 aliphatic heterocycles. The number of rotatable bonds is 5. The summed E-state index contributed by atoms with van der Waals surface area (Å²) in [6.45, 7) is 2.06. The van der Waals surface area contributed by atoms with E-state index in [4.69, 9.17) is 4.74 Å². The van der Waals surface area contributed by atoms with Crippen molar-refractivity contribution >= 4 is 15.9 Å². The van der Waals surface area contributed by atoms with Crippen LogP contribution in [0.15, 0.2) is 0 Å². The SMILES string of the molecule is COCCS(=O)(=O)N1CCN(C(=O)C2CCCCC2)CC1. The van der Waals surface area contributed by atoms with Crippen molar-refractivity contribution in [2.24, 2.45) is 5.92 Å². The fraction of sp³-hybridized carbons (Fsp3) is 0.929. The van der Waals surface area contributed by atoms with E-state index in [0.717, 1.165) is 25.7 Å². The Kier molecular flexibility index (Phi) is 6.01. The highest BCUT2D eigenvalue weighted by Crippen LogP contribution is 2.26. The Hall–Kier alpha value is -0.660. The highest BCUT2D eigenvalue weighted by atomic mass is 32.2. The average Bonchev–Trinajstić information content (AvgIpc) is 2.53. The first-order valence-electron chi connectivity index (χ1n) is 7.80. The van der Waals surface area contributed by atoms with Gasteiger partial charge in [-0.3, -0.25) is 4.79 Å². The Morgan fingerprint density at radius 3 is 2.29 bits per heavy atom. The second-order valence-electron chi connectivity index (χ2n) is 5.87. The number of amides is 1. The Morgan fingerprint density at radius 1 is 1.10 bits per heavy atom. The molecule has 0 aromatic rings. The topological polar surface area (TPSA) is 66.9 Å². The summed E-state index contributed by atoms with van der Waals surface area (Å²) in [4.78, 5) is 14.3. The van der Waals surface area contributed by atoms with Crippen molar-refractivity contribution < 1.29 is 17.9 Å². The predicted molar refractivity (Wildman–Crippen MR) is 80.4 cm³/mol. The first-order valence-corrected chi connectivity index (χ1v) is 9.41. The minimum Gasteiger partial charge on any atom is -0.384 e. The van der Waals surface area contributed by atoms with Crippen molar-refractivity contribution in [3.63, 3.8) is 0 Å². The molecule has 0 N–H and O–H groups in total. The molecule has 0 atom stereocenters. The van der Waals surface area contributed by atoms with E-state index in [1.807, 2.05) is 4.90 Å². The van der Waals surface area contributed by atoms with Crippen molar-refractivity contribution in [2.45, 2.75) is 32.1 Å². The molecule has 6 nitrogen and oxygen atoms in total. The molecule has 0 radical (unpaired) electrons. The molecule has 2 rings (SSSR count). The van der Waals surface area contributed by atoms with Gasteiger partial charge in [-0.25, -0.2) is 8.42 Å². The highest BCUT2D eigenvalue weighted by molar-refractivity contribution is 7.89. The number of sulfonamides is 1. The van der Waals surface area contributed by atoms with Gasteiger partial charge in [-0.2, -0.15) is 4.31 Å². The molecule has 122 valence electrons. The van der Waals surface area contributed by atoms with Gasteiger partial charge >= 0.3 is 0 Å². The number of piperazine rings is 1. The van der Waals surface area contributed by atoms with Crippen LogP contribution in [0.4, 0.5) is 0 Å². The third kappa shape index (κ3) is 4.40. The van der Waals surface area contributed by atoms with E-state index in [1.165, 1.54) is 17.8 Å². The molecule has 1 saturated carbocycles. The number of hydrogen-bond acceptors (Lipinski definition) is 4. The van der Waals surface area contributed by atoms with Crippen LogP contribution in [-0.2, 0) is 19.6 Å². The first kappa shape index (κ1) is 16.7. The number of carbonyl (C=O) groups excluding carboxylic acids is 1. The van der Waals surface area contributed by atoms with Crippen molar-refractivity contribution in [2.75, 3.05) is 45.6 Å². The monoisotopic (exact) mass is 318 g/mol. The third-order valence-electron chi connectivity index (χ3n) is 4.44. The minimum atomic E-state index is -3.25. The molecule has 0 aromatic carbocycles. The van der Waals surface area contributed by atoms with Gasteiger partial charge in [0, 0.05) is 39.2 Å². The highest BCUT2D eigenvalue weighted by Gasteiger charge is 2.31. The van der Waals surface area contributed by atoms with Gasteiger partial charge in [0.1, 0.15) is 0 Å². The van der Waals surface area contributed by atoms with Crippen LogP contribution in [-0.4, -0.2) is 69.2 Å². The molecular formula is C14H26N2O4S. The maximum absolute atomic E-state index is 12.4. The largest absolute Gasteiger partial charge is 0.384 e. The summed E-state index contributed by atoms with van der Waals surface area (Å²) in [6.07, 6.45) is 5.50. The van der Waals surface area contributed by atoms with E-state index in [1.54, 1.807) is 0 Å². The van der Waals surface area contributed by atoms with Crippen molar-refractivity contribution in [1.29, 1.82) is 0 Å². The van der Waals surface area contributed by atoms with Crippen molar-refractivity contribution in [3.8, 4) is 0 Å². The summed E-state index contributed by atoms with van der Waals surface area (Å²) in [5.74, 6) is 0.402. The van der Waals surface area contributed by atoms with E-state index in [-0.39, 0.29) is 24.2 Å². The second kappa shape index (κ2) is 7.56. The molecule has 21 heavy (non-hydrogen) atoms. The molecular weight excluding hydrogens is 292 g/mol. The Bertz CT molecular complexity index is 438. The van der Waals surface area contributed by atoms with Crippen LogP contribution in [0.3, 0.4) is 0 Å². The third-order valence-corrected chi connectivity index (χ3v) is 6.28. The van der Waals surface area contributed by atoms with E-state index in [0.29, 0.717) is 26.2 Å². The van der Waals surface area contributed by atoms with Crippen molar-refractivity contribution in [3.05, 3.63) is 0 Å². The summed E-state index contributed by atoms with van der Waals surface area (Å²) >= 11 is 0. The van der Waals surface area contributed by atoms with E-state index in [9.17, 15) is 13.2 Å². The van der Waals surface area contributed by atoms with Crippen LogP contribution in [0, 0.1) is 5.92 Å². The number of nitrogens with zero attached hydrogens (tertiary/aromatic N) is 2. The lowest BCUT2D eigenvalue weighted by Gasteiger charge is -2.36. The smallest absolute Gasteiger partial charge is 0.225 e. The molecule has 2 aliphatic rings. The van der Waals surface area contributed by atoms with Gasteiger partial charge < -0.3 is 9.64 Å². The molecule has 7 heteroatoms. The average molecular weight is 318 g/mol. The molecule has 0 aromatic heterocycles. The normalized spacial score (nSPS) is 22.4. The number of carbonyl (C=O) groups is 1. The Balaban J connectivity index is 1.83. The predicted octanol–water partition coefficient (Wildman–Crippen LogP) is 0.687. The van der Waals surface area contributed by atoms with Gasteiger partial charge in [0.2, 0.25) is 15.9 Å². The summed E-state index contributed by atoms with van der Waals surface area (Å²) in [5, 5.41) is 0. The van der Waals surface area contributed by atoms with Crippen LogP contribution < -0.4 is 0 Å². The van der Waals surface area contributed by atoms with Crippen molar-refractivity contribution in [1.82, 2.24) is 9.21 Å². The van der Waals surface area contributed by atoms with Crippen LogP contribution >= 0.6 is 0 Å². The van der Waals surface area contributed by atoms with Gasteiger partial charge in [-0.15, -0.1) is 0 Å².